The molecule has 4 nitrogen and oxygen atoms in total. The van der Waals surface area contributed by atoms with Crippen molar-refractivity contribution < 1.29 is 0 Å². The second-order valence-electron chi connectivity index (χ2n) is 5.46. The molecule has 1 aromatic carbocycles. The van der Waals surface area contributed by atoms with Crippen LogP contribution in [0.25, 0.3) is 10.9 Å². The third-order valence-electron chi connectivity index (χ3n) is 4.40. The van der Waals surface area contributed by atoms with E-state index >= 15 is 0 Å². The lowest BCUT2D eigenvalue weighted by atomic mass is 10.1. The van der Waals surface area contributed by atoms with Crippen molar-refractivity contribution in [3.05, 3.63) is 24.4 Å². The van der Waals surface area contributed by atoms with Crippen molar-refractivity contribution in [2.24, 2.45) is 0 Å². The van der Waals surface area contributed by atoms with Gasteiger partial charge in [-0.2, -0.15) is 5.10 Å². The molecule has 3 heterocycles. The van der Waals surface area contributed by atoms with Gasteiger partial charge in [0, 0.05) is 29.7 Å². The van der Waals surface area contributed by atoms with Crippen molar-refractivity contribution in [2.75, 3.05) is 18.4 Å². The fraction of sp³-hybridized carbons (Fsp3) is 0.500. The zero-order chi connectivity index (χ0) is 11.9. The number of benzene rings is 1. The molecule has 0 aliphatic carbocycles. The van der Waals surface area contributed by atoms with Crippen molar-refractivity contribution in [1.29, 1.82) is 0 Å². The molecule has 94 valence electrons. The van der Waals surface area contributed by atoms with Crippen LogP contribution in [-0.4, -0.2) is 40.3 Å². The summed E-state index contributed by atoms with van der Waals surface area (Å²) in [6, 6.07) is 7.83. The van der Waals surface area contributed by atoms with Crippen LogP contribution < -0.4 is 5.32 Å². The highest BCUT2D eigenvalue weighted by molar-refractivity contribution is 5.81. The van der Waals surface area contributed by atoms with Gasteiger partial charge in [-0.05, 0) is 44.0 Å². The Labute approximate surface area is 106 Å². The van der Waals surface area contributed by atoms with E-state index in [4.69, 9.17) is 0 Å². The Morgan fingerprint density at radius 1 is 1.28 bits per heavy atom. The van der Waals surface area contributed by atoms with E-state index in [1.807, 2.05) is 6.20 Å². The highest BCUT2D eigenvalue weighted by atomic mass is 15.2. The Kier molecular flexibility index (Phi) is 2.30. The van der Waals surface area contributed by atoms with Gasteiger partial charge >= 0.3 is 0 Å². The van der Waals surface area contributed by atoms with Gasteiger partial charge in [0.1, 0.15) is 0 Å². The van der Waals surface area contributed by atoms with Crippen molar-refractivity contribution in [1.82, 2.24) is 15.1 Å². The smallest absolute Gasteiger partial charge is 0.0670 e. The van der Waals surface area contributed by atoms with E-state index in [0.29, 0.717) is 6.04 Å². The molecule has 2 N–H and O–H groups in total. The van der Waals surface area contributed by atoms with Crippen molar-refractivity contribution in [2.45, 2.75) is 31.3 Å². The first-order valence-electron chi connectivity index (χ1n) is 6.84. The van der Waals surface area contributed by atoms with Crippen LogP contribution in [0, 0.1) is 0 Å². The van der Waals surface area contributed by atoms with Gasteiger partial charge in [0.2, 0.25) is 0 Å². The number of rotatable bonds is 2. The molecule has 2 aliphatic rings. The lowest BCUT2D eigenvalue weighted by molar-refractivity contribution is 0.318. The Bertz CT molecular complexity index is 562. The summed E-state index contributed by atoms with van der Waals surface area (Å²) in [6.45, 7) is 2.55. The number of fused-ring (bicyclic) bond motifs is 2. The van der Waals surface area contributed by atoms with E-state index in [1.54, 1.807) is 0 Å². The van der Waals surface area contributed by atoms with Crippen LogP contribution in [0.1, 0.15) is 19.3 Å². The first-order chi connectivity index (χ1) is 8.90. The zero-order valence-corrected chi connectivity index (χ0v) is 10.4. The topological polar surface area (TPSA) is 44.0 Å². The van der Waals surface area contributed by atoms with Crippen molar-refractivity contribution in [3.8, 4) is 0 Å². The van der Waals surface area contributed by atoms with Crippen LogP contribution in [0.2, 0.25) is 0 Å². The van der Waals surface area contributed by atoms with Crippen molar-refractivity contribution in [3.63, 3.8) is 0 Å². The maximum atomic E-state index is 4.07. The fourth-order valence-electron chi connectivity index (χ4n) is 3.49. The SMILES string of the molecule is c1cc2cn[nH]c2cc1NC1CCN2CCCC12. The summed E-state index contributed by atoms with van der Waals surface area (Å²) in [5, 5.41) is 12.0. The molecule has 0 spiro atoms. The van der Waals surface area contributed by atoms with Crippen LogP contribution in [0.3, 0.4) is 0 Å². The molecule has 0 bridgehead atoms. The highest BCUT2D eigenvalue weighted by Crippen LogP contribution is 2.30. The van der Waals surface area contributed by atoms with Gasteiger partial charge in [-0.25, -0.2) is 0 Å². The minimum Gasteiger partial charge on any atom is -0.381 e. The molecular weight excluding hydrogens is 224 g/mol. The molecule has 2 aromatic rings. The van der Waals surface area contributed by atoms with Gasteiger partial charge in [-0.3, -0.25) is 10.00 Å². The maximum Gasteiger partial charge on any atom is 0.0670 e. The second-order valence-corrected chi connectivity index (χ2v) is 5.46. The van der Waals surface area contributed by atoms with Gasteiger partial charge in [0.05, 0.1) is 11.7 Å². The molecule has 2 aliphatic heterocycles. The fourth-order valence-corrected chi connectivity index (χ4v) is 3.49. The van der Waals surface area contributed by atoms with E-state index in [9.17, 15) is 0 Å². The van der Waals surface area contributed by atoms with Crippen LogP contribution in [0.15, 0.2) is 24.4 Å². The lowest BCUT2D eigenvalue weighted by Crippen LogP contribution is -2.33. The summed E-state index contributed by atoms with van der Waals surface area (Å²) in [4.78, 5) is 2.63. The van der Waals surface area contributed by atoms with Crippen LogP contribution in [0.5, 0.6) is 0 Å². The van der Waals surface area contributed by atoms with Gasteiger partial charge in [0.25, 0.3) is 0 Å². The summed E-state index contributed by atoms with van der Waals surface area (Å²) in [7, 11) is 0. The number of hydrogen-bond donors (Lipinski definition) is 2. The number of H-pyrrole nitrogens is 1. The Morgan fingerprint density at radius 2 is 2.28 bits per heavy atom. The quantitative estimate of drug-likeness (QED) is 0.848. The minimum atomic E-state index is 0.618. The van der Waals surface area contributed by atoms with Gasteiger partial charge in [-0.1, -0.05) is 0 Å². The third-order valence-corrected chi connectivity index (χ3v) is 4.40. The Morgan fingerprint density at radius 3 is 3.28 bits per heavy atom. The predicted molar refractivity (Wildman–Crippen MR) is 72.7 cm³/mol. The van der Waals surface area contributed by atoms with E-state index in [-0.39, 0.29) is 0 Å². The van der Waals surface area contributed by atoms with Gasteiger partial charge in [0.15, 0.2) is 0 Å². The molecule has 4 rings (SSSR count). The Balaban J connectivity index is 1.56. The van der Waals surface area contributed by atoms with E-state index in [1.165, 1.54) is 43.4 Å². The molecule has 0 radical (unpaired) electrons. The highest BCUT2D eigenvalue weighted by Gasteiger charge is 2.36. The summed E-state index contributed by atoms with van der Waals surface area (Å²) < 4.78 is 0. The number of hydrogen-bond acceptors (Lipinski definition) is 3. The average Bonchev–Trinajstić information content (AvgIpc) is 3.06. The summed E-state index contributed by atoms with van der Waals surface area (Å²) in [5.74, 6) is 0. The number of nitrogens with zero attached hydrogens (tertiary/aromatic N) is 2. The number of anilines is 1. The Hall–Kier alpha value is -1.55. The van der Waals surface area contributed by atoms with Crippen LogP contribution >= 0.6 is 0 Å². The molecule has 2 atom stereocenters. The molecule has 2 fully saturated rings. The average molecular weight is 242 g/mol. The van der Waals surface area contributed by atoms with Gasteiger partial charge in [-0.15, -0.1) is 0 Å². The second kappa shape index (κ2) is 3.99. The lowest BCUT2D eigenvalue weighted by Gasteiger charge is -2.22. The van der Waals surface area contributed by atoms with Crippen LogP contribution in [0.4, 0.5) is 5.69 Å². The number of aromatic nitrogens is 2. The third kappa shape index (κ3) is 1.60. The zero-order valence-electron chi connectivity index (χ0n) is 10.4. The monoisotopic (exact) mass is 242 g/mol. The standard InChI is InChI=1S/C14H18N4/c1-2-14-12(5-7-18(14)6-1)16-11-4-3-10-9-15-17-13(10)8-11/h3-4,8-9,12,14,16H,1-2,5-7H2,(H,15,17). The maximum absolute atomic E-state index is 4.07. The number of nitrogens with one attached hydrogen (secondary N) is 2. The van der Waals surface area contributed by atoms with Crippen molar-refractivity contribution >= 4 is 16.6 Å². The van der Waals surface area contributed by atoms with E-state index in [0.717, 1.165) is 11.6 Å². The first-order valence-corrected chi connectivity index (χ1v) is 6.84. The normalized spacial score (nSPS) is 27.8. The first kappa shape index (κ1) is 10.4. The van der Waals surface area contributed by atoms with E-state index in [2.05, 4.69) is 38.6 Å². The largest absolute Gasteiger partial charge is 0.381 e. The summed E-state index contributed by atoms with van der Waals surface area (Å²) >= 11 is 0. The molecule has 4 heteroatoms. The predicted octanol–water partition coefficient (Wildman–Crippen LogP) is 2.21. The van der Waals surface area contributed by atoms with E-state index < -0.39 is 0 Å². The molecular formula is C14H18N4. The molecule has 2 unspecified atom stereocenters. The summed E-state index contributed by atoms with van der Waals surface area (Å²) in [6.07, 6.45) is 5.85. The number of aromatic amines is 1. The minimum absolute atomic E-state index is 0.618. The van der Waals surface area contributed by atoms with Gasteiger partial charge < -0.3 is 5.32 Å². The molecule has 2 saturated heterocycles. The molecule has 18 heavy (non-hydrogen) atoms. The molecule has 0 saturated carbocycles. The van der Waals surface area contributed by atoms with Crippen LogP contribution in [-0.2, 0) is 0 Å². The molecule has 0 amide bonds. The molecule has 1 aromatic heterocycles. The summed E-state index contributed by atoms with van der Waals surface area (Å²) in [5.41, 5.74) is 2.33.